The van der Waals surface area contributed by atoms with Gasteiger partial charge < -0.3 is 16.2 Å². The largest absolute Gasteiger partial charge is 0.497 e. The molecule has 7 nitrogen and oxygen atoms in total. The van der Waals surface area contributed by atoms with E-state index in [0.717, 1.165) is 0 Å². The zero-order valence-corrected chi connectivity index (χ0v) is 11.9. The quantitative estimate of drug-likeness (QED) is 0.848. The summed E-state index contributed by atoms with van der Waals surface area (Å²) in [6, 6.07) is 9.01. The Labute approximate surface area is 126 Å². The molecule has 0 unspecified atom stereocenters. The SMILES string of the molecule is COc1ccc(N2C(=O)Cc3c2[nH+]c(N)c(C#N)c3N)cc1. The maximum Gasteiger partial charge on any atom is 0.292 e. The highest BCUT2D eigenvalue weighted by atomic mass is 16.5. The first-order valence-electron chi connectivity index (χ1n) is 6.57. The fraction of sp³-hybridized carbons (Fsp3) is 0.133. The van der Waals surface area contributed by atoms with Gasteiger partial charge in [0, 0.05) is 0 Å². The molecule has 0 spiro atoms. The van der Waals surface area contributed by atoms with Gasteiger partial charge in [-0.2, -0.15) is 10.2 Å². The van der Waals surface area contributed by atoms with E-state index in [2.05, 4.69) is 4.98 Å². The summed E-state index contributed by atoms with van der Waals surface area (Å²) in [6.07, 6.45) is 0.124. The molecule has 0 radical (unpaired) electrons. The fourth-order valence-corrected chi connectivity index (χ4v) is 2.54. The molecule has 1 amide bonds. The van der Waals surface area contributed by atoms with Gasteiger partial charge in [0.15, 0.2) is 0 Å². The van der Waals surface area contributed by atoms with Crippen molar-refractivity contribution in [2.45, 2.75) is 6.42 Å². The lowest BCUT2D eigenvalue weighted by molar-refractivity contribution is -0.344. The van der Waals surface area contributed by atoms with Crippen LogP contribution >= 0.6 is 0 Å². The molecule has 0 saturated carbocycles. The number of nitrogen functional groups attached to an aromatic ring is 2. The van der Waals surface area contributed by atoms with Crippen LogP contribution in [0.25, 0.3) is 0 Å². The van der Waals surface area contributed by atoms with Crippen LogP contribution in [0.2, 0.25) is 0 Å². The third-order valence-electron chi connectivity index (χ3n) is 3.65. The maximum absolute atomic E-state index is 12.3. The normalized spacial score (nSPS) is 12.9. The summed E-state index contributed by atoms with van der Waals surface area (Å²) in [4.78, 5) is 16.8. The predicted molar refractivity (Wildman–Crippen MR) is 80.4 cm³/mol. The van der Waals surface area contributed by atoms with Gasteiger partial charge in [0.05, 0.1) is 24.8 Å². The molecule has 0 bridgehead atoms. The van der Waals surface area contributed by atoms with Crippen LogP contribution in [-0.4, -0.2) is 13.0 Å². The minimum absolute atomic E-state index is 0.124. The predicted octanol–water partition coefficient (Wildman–Crippen LogP) is 0.766. The van der Waals surface area contributed by atoms with Gasteiger partial charge in [-0.25, -0.2) is 4.98 Å². The number of nitrogens with zero attached hydrogens (tertiary/aromatic N) is 2. The number of hydrogen-bond acceptors (Lipinski definition) is 5. The average Bonchev–Trinajstić information content (AvgIpc) is 2.84. The number of hydrogen-bond donors (Lipinski definition) is 2. The Kier molecular flexibility index (Phi) is 3.07. The first-order chi connectivity index (χ1) is 10.6. The number of amides is 1. The number of carbonyl (C=O) groups excluding carboxylic acids is 1. The molecule has 1 aliphatic rings. The molecule has 1 aromatic heterocycles. The molecule has 1 aliphatic heterocycles. The highest BCUT2D eigenvalue weighted by Crippen LogP contribution is 2.37. The van der Waals surface area contributed by atoms with E-state index in [9.17, 15) is 4.79 Å². The van der Waals surface area contributed by atoms with Gasteiger partial charge in [-0.05, 0) is 24.3 Å². The van der Waals surface area contributed by atoms with Crippen molar-refractivity contribution < 1.29 is 14.5 Å². The maximum atomic E-state index is 12.3. The van der Waals surface area contributed by atoms with Crippen LogP contribution in [0.3, 0.4) is 0 Å². The Morgan fingerprint density at radius 1 is 1.32 bits per heavy atom. The minimum Gasteiger partial charge on any atom is -0.497 e. The summed E-state index contributed by atoms with van der Waals surface area (Å²) in [6.45, 7) is 0. The number of aromatic nitrogens is 1. The van der Waals surface area contributed by atoms with Crippen LogP contribution in [0, 0.1) is 11.3 Å². The molecular weight excluding hydrogens is 282 g/mol. The zero-order valence-electron chi connectivity index (χ0n) is 11.9. The van der Waals surface area contributed by atoms with Crippen LogP contribution < -0.4 is 26.1 Å². The highest BCUT2D eigenvalue weighted by molar-refractivity contribution is 6.07. The molecule has 0 fully saturated rings. The number of benzene rings is 1. The number of H-pyrrole nitrogens is 1. The van der Waals surface area contributed by atoms with E-state index in [1.807, 2.05) is 6.07 Å². The molecule has 2 aromatic rings. The first kappa shape index (κ1) is 13.7. The molecule has 5 N–H and O–H groups in total. The number of nitriles is 1. The van der Waals surface area contributed by atoms with E-state index in [-0.39, 0.29) is 29.4 Å². The topological polar surface area (TPSA) is 120 Å². The van der Waals surface area contributed by atoms with Crippen molar-refractivity contribution in [2.24, 2.45) is 0 Å². The number of pyridine rings is 1. The summed E-state index contributed by atoms with van der Waals surface area (Å²) in [5.74, 6) is 1.20. The summed E-state index contributed by atoms with van der Waals surface area (Å²) in [5, 5.41) is 9.09. The van der Waals surface area contributed by atoms with Crippen LogP contribution in [0.5, 0.6) is 5.75 Å². The second-order valence-electron chi connectivity index (χ2n) is 4.87. The van der Waals surface area contributed by atoms with Gasteiger partial charge in [-0.3, -0.25) is 4.79 Å². The van der Waals surface area contributed by atoms with Crippen molar-refractivity contribution in [3.05, 3.63) is 35.4 Å². The van der Waals surface area contributed by atoms with E-state index >= 15 is 0 Å². The highest BCUT2D eigenvalue weighted by Gasteiger charge is 2.38. The van der Waals surface area contributed by atoms with Gasteiger partial charge >= 0.3 is 0 Å². The molecule has 22 heavy (non-hydrogen) atoms. The van der Waals surface area contributed by atoms with Gasteiger partial charge in [-0.1, -0.05) is 0 Å². The molecule has 0 saturated heterocycles. The lowest BCUT2D eigenvalue weighted by Crippen LogP contribution is -2.27. The van der Waals surface area contributed by atoms with Crippen LogP contribution in [0.15, 0.2) is 24.3 Å². The molecule has 0 aliphatic carbocycles. The monoisotopic (exact) mass is 296 g/mol. The Morgan fingerprint density at radius 2 is 2.00 bits per heavy atom. The van der Waals surface area contributed by atoms with E-state index in [4.69, 9.17) is 21.5 Å². The Morgan fingerprint density at radius 3 is 2.59 bits per heavy atom. The fourth-order valence-electron chi connectivity index (χ4n) is 2.54. The Balaban J connectivity index is 2.14. The van der Waals surface area contributed by atoms with Crippen molar-refractivity contribution in [3.8, 4) is 11.8 Å². The number of anilines is 4. The summed E-state index contributed by atoms with van der Waals surface area (Å²) < 4.78 is 5.11. The summed E-state index contributed by atoms with van der Waals surface area (Å²) >= 11 is 0. The van der Waals surface area contributed by atoms with Gasteiger partial charge in [0.2, 0.25) is 11.6 Å². The standard InChI is InChI=1S/C15H13N5O2/c1-22-9-4-2-8(3-5-9)20-12(21)6-10-13(17)11(7-16)14(18)19-15(10)20/h2-5H,6H2,1H3,(H4,17,18,19)/p+1. The number of methoxy groups -OCH3 is 1. The first-order valence-corrected chi connectivity index (χ1v) is 6.57. The van der Waals surface area contributed by atoms with Crippen molar-refractivity contribution >= 4 is 28.9 Å². The molecule has 0 atom stereocenters. The lowest BCUT2D eigenvalue weighted by atomic mass is 10.1. The van der Waals surface area contributed by atoms with E-state index in [1.54, 1.807) is 31.4 Å². The van der Waals surface area contributed by atoms with Gasteiger partial charge in [0.25, 0.3) is 5.91 Å². The van der Waals surface area contributed by atoms with Gasteiger partial charge in [-0.15, -0.1) is 0 Å². The number of fused-ring (bicyclic) bond motifs is 1. The number of aromatic amines is 1. The average molecular weight is 296 g/mol. The number of carbonyl (C=O) groups is 1. The lowest BCUT2D eigenvalue weighted by Gasteiger charge is -2.13. The van der Waals surface area contributed by atoms with E-state index in [0.29, 0.717) is 22.8 Å². The number of rotatable bonds is 2. The molecular formula is C15H14N5O2+. The number of nitrogens with two attached hydrogens (primary N) is 2. The Hall–Kier alpha value is -3.27. The van der Waals surface area contributed by atoms with E-state index < -0.39 is 0 Å². The third kappa shape index (κ3) is 1.90. The molecule has 1 aromatic carbocycles. The second kappa shape index (κ2) is 4.93. The van der Waals surface area contributed by atoms with Gasteiger partial charge in [0.1, 0.15) is 23.1 Å². The van der Waals surface area contributed by atoms with Crippen LogP contribution in [0.1, 0.15) is 11.1 Å². The van der Waals surface area contributed by atoms with Crippen LogP contribution in [-0.2, 0) is 11.2 Å². The van der Waals surface area contributed by atoms with Crippen molar-refractivity contribution in [1.82, 2.24) is 0 Å². The van der Waals surface area contributed by atoms with Crippen molar-refractivity contribution in [2.75, 3.05) is 23.5 Å². The summed E-state index contributed by atoms with van der Waals surface area (Å²) in [7, 11) is 1.57. The van der Waals surface area contributed by atoms with Crippen LogP contribution in [0.4, 0.5) is 23.0 Å². The van der Waals surface area contributed by atoms with Crippen molar-refractivity contribution in [3.63, 3.8) is 0 Å². The zero-order chi connectivity index (χ0) is 15.9. The number of ether oxygens (including phenoxy) is 1. The molecule has 2 heterocycles. The third-order valence-corrected chi connectivity index (χ3v) is 3.65. The number of nitrogens with one attached hydrogen (secondary N) is 1. The summed E-state index contributed by atoms with van der Waals surface area (Å²) in [5.41, 5.74) is 13.5. The van der Waals surface area contributed by atoms with E-state index in [1.165, 1.54) is 4.90 Å². The molecule has 110 valence electrons. The minimum atomic E-state index is -0.141. The molecule has 7 heteroatoms. The molecule has 3 rings (SSSR count). The second-order valence-corrected chi connectivity index (χ2v) is 4.87. The van der Waals surface area contributed by atoms with Crippen molar-refractivity contribution in [1.29, 1.82) is 5.26 Å². The Bertz CT molecular complexity index is 808. The smallest absolute Gasteiger partial charge is 0.292 e.